The lowest BCUT2D eigenvalue weighted by Gasteiger charge is -2.26. The van der Waals surface area contributed by atoms with Crippen LogP contribution >= 0.6 is 0 Å². The van der Waals surface area contributed by atoms with Crippen LogP contribution in [0.15, 0.2) is 78.9 Å². The first kappa shape index (κ1) is 46.8. The fourth-order valence-corrected chi connectivity index (χ4v) is 5.47. The van der Waals surface area contributed by atoms with Gasteiger partial charge in [-0.1, -0.05) is 54.6 Å². The van der Waals surface area contributed by atoms with E-state index in [4.69, 9.17) is 10.8 Å². The lowest BCUT2D eigenvalue weighted by Crippen LogP contribution is -2.59. The largest absolute Gasteiger partial charge is 0.508 e. The Morgan fingerprint density at radius 1 is 0.467 bits per heavy atom. The standard InChI is InChI=1S/C39H45N7O14/c40-26(17-33(51)52)35(55)42-19-31(49)41-20-32(50)43-27(15-22-6-10-24(47)11-7-22)36(56)44-28(14-21-4-2-1-3-5-21)37(57)45-29(18-34(53)54)38(58)46-30(39(59)60)16-23-8-12-25(48)13-9-23/h1-13,26-30,47-48H,14-20,40H2,(H,41,49)(H,42,55)(H,43,50)(H,44,56)(H,45,57)(H,46,58)(H,51,52)(H,53,54)(H,59,60)/t26-,27-,28-,29-,30-/m0/s1. The van der Waals surface area contributed by atoms with Gasteiger partial charge in [0.2, 0.25) is 35.4 Å². The van der Waals surface area contributed by atoms with E-state index in [0.29, 0.717) is 16.7 Å². The number of benzene rings is 3. The number of nitrogens with one attached hydrogen (secondary N) is 6. The molecule has 21 nitrogen and oxygen atoms in total. The van der Waals surface area contributed by atoms with Crippen LogP contribution in [0.2, 0.25) is 0 Å². The molecule has 0 aliphatic rings. The third-order valence-corrected chi connectivity index (χ3v) is 8.55. The van der Waals surface area contributed by atoms with E-state index in [1.807, 2.05) is 0 Å². The summed E-state index contributed by atoms with van der Waals surface area (Å²) in [6, 6.07) is 11.4. The highest BCUT2D eigenvalue weighted by Crippen LogP contribution is 2.14. The number of phenolic OH excluding ortho intramolecular Hbond substituents is 2. The van der Waals surface area contributed by atoms with E-state index in [1.165, 1.54) is 48.5 Å². The molecule has 60 heavy (non-hydrogen) atoms. The summed E-state index contributed by atoms with van der Waals surface area (Å²) < 4.78 is 0. The summed E-state index contributed by atoms with van der Waals surface area (Å²) in [5, 5.41) is 61.3. The smallest absolute Gasteiger partial charge is 0.326 e. The van der Waals surface area contributed by atoms with E-state index in [-0.39, 0.29) is 30.8 Å². The van der Waals surface area contributed by atoms with Gasteiger partial charge >= 0.3 is 17.9 Å². The monoisotopic (exact) mass is 835 g/mol. The molecule has 13 N–H and O–H groups in total. The van der Waals surface area contributed by atoms with Crippen molar-refractivity contribution in [3.8, 4) is 11.5 Å². The highest BCUT2D eigenvalue weighted by molar-refractivity contribution is 5.97. The van der Waals surface area contributed by atoms with Crippen LogP contribution in [0, 0.1) is 0 Å². The van der Waals surface area contributed by atoms with E-state index in [2.05, 4.69) is 31.9 Å². The minimum absolute atomic E-state index is 0.0861. The number of carboxylic acid groups (broad SMARTS) is 3. The quantitative estimate of drug-likeness (QED) is 0.0476. The maximum absolute atomic E-state index is 13.9. The number of hydrogen-bond donors (Lipinski definition) is 12. The first-order valence-corrected chi connectivity index (χ1v) is 18.2. The van der Waals surface area contributed by atoms with E-state index >= 15 is 0 Å². The van der Waals surface area contributed by atoms with Crippen LogP contribution in [0.3, 0.4) is 0 Å². The molecule has 6 amide bonds. The molecule has 320 valence electrons. The molecule has 0 saturated heterocycles. The van der Waals surface area contributed by atoms with Crippen LogP contribution in [0.5, 0.6) is 11.5 Å². The molecule has 5 atom stereocenters. The highest BCUT2D eigenvalue weighted by atomic mass is 16.4. The van der Waals surface area contributed by atoms with Crippen LogP contribution < -0.4 is 37.6 Å². The zero-order valence-corrected chi connectivity index (χ0v) is 31.8. The summed E-state index contributed by atoms with van der Waals surface area (Å²) in [6.45, 7) is -1.37. The summed E-state index contributed by atoms with van der Waals surface area (Å²) in [5.74, 6) is -10.4. The van der Waals surface area contributed by atoms with Crippen LogP contribution in [0.1, 0.15) is 29.5 Å². The fourth-order valence-electron chi connectivity index (χ4n) is 5.47. The molecule has 0 unspecified atom stereocenters. The predicted molar refractivity (Wildman–Crippen MR) is 208 cm³/mol. The van der Waals surface area contributed by atoms with Crippen molar-refractivity contribution in [2.45, 2.75) is 62.3 Å². The average molecular weight is 836 g/mol. The molecule has 0 radical (unpaired) electrons. The van der Waals surface area contributed by atoms with E-state index in [1.54, 1.807) is 30.3 Å². The summed E-state index contributed by atoms with van der Waals surface area (Å²) in [5.41, 5.74) is 6.80. The van der Waals surface area contributed by atoms with E-state index in [9.17, 15) is 63.6 Å². The maximum atomic E-state index is 13.9. The Morgan fingerprint density at radius 3 is 1.38 bits per heavy atom. The van der Waals surface area contributed by atoms with Crippen LogP contribution in [-0.2, 0) is 62.4 Å². The van der Waals surface area contributed by atoms with Gasteiger partial charge in [-0.15, -0.1) is 0 Å². The zero-order chi connectivity index (χ0) is 44.4. The van der Waals surface area contributed by atoms with Crippen molar-refractivity contribution in [3.63, 3.8) is 0 Å². The van der Waals surface area contributed by atoms with Crippen molar-refractivity contribution in [1.29, 1.82) is 0 Å². The van der Waals surface area contributed by atoms with Gasteiger partial charge in [0.25, 0.3) is 0 Å². The molecule has 21 heteroatoms. The minimum Gasteiger partial charge on any atom is -0.508 e. The van der Waals surface area contributed by atoms with Gasteiger partial charge in [0.1, 0.15) is 35.7 Å². The molecule has 3 rings (SSSR count). The molecule has 0 spiro atoms. The van der Waals surface area contributed by atoms with Gasteiger partial charge in [0, 0.05) is 19.3 Å². The molecular weight excluding hydrogens is 790 g/mol. The second-order valence-corrected chi connectivity index (χ2v) is 13.4. The predicted octanol–water partition coefficient (Wildman–Crippen LogP) is -2.34. The molecular formula is C39H45N7O14. The topological polar surface area (TPSA) is 353 Å². The molecule has 0 heterocycles. The number of aliphatic carboxylic acids is 3. The number of rotatable bonds is 23. The molecule has 0 fully saturated rings. The number of phenols is 2. The van der Waals surface area contributed by atoms with Gasteiger partial charge in [-0.05, 0) is 41.0 Å². The molecule has 0 aliphatic carbocycles. The lowest BCUT2D eigenvalue weighted by molar-refractivity contribution is -0.143. The van der Waals surface area contributed by atoms with Gasteiger partial charge in [-0.25, -0.2) is 4.79 Å². The average Bonchev–Trinajstić information content (AvgIpc) is 3.19. The number of aromatic hydroxyl groups is 2. The number of carbonyl (C=O) groups excluding carboxylic acids is 6. The van der Waals surface area contributed by atoms with Crippen molar-refractivity contribution in [3.05, 3.63) is 95.6 Å². The minimum atomic E-state index is -1.83. The van der Waals surface area contributed by atoms with Crippen molar-refractivity contribution >= 4 is 53.4 Å². The third kappa shape index (κ3) is 16.5. The molecule has 0 bridgehead atoms. The van der Waals surface area contributed by atoms with Gasteiger partial charge in [0.05, 0.1) is 32.0 Å². The van der Waals surface area contributed by atoms with E-state index < -0.39 is 109 Å². The number of hydrogen-bond acceptors (Lipinski definition) is 12. The molecule has 3 aromatic carbocycles. The Kier molecular flexibility index (Phi) is 18.0. The summed E-state index contributed by atoms with van der Waals surface area (Å²) >= 11 is 0. The van der Waals surface area contributed by atoms with Crippen molar-refractivity contribution in [2.75, 3.05) is 13.1 Å². The number of carboxylic acids is 3. The van der Waals surface area contributed by atoms with E-state index in [0.717, 1.165) is 0 Å². The zero-order valence-electron chi connectivity index (χ0n) is 31.8. The number of carbonyl (C=O) groups is 9. The van der Waals surface area contributed by atoms with Crippen molar-refractivity contribution in [2.24, 2.45) is 5.73 Å². The first-order valence-electron chi connectivity index (χ1n) is 18.2. The van der Waals surface area contributed by atoms with Crippen molar-refractivity contribution < 1.29 is 68.7 Å². The SMILES string of the molecule is N[C@@H](CC(=O)O)C(=O)NCC(=O)NCC(=O)N[C@@H](Cc1ccc(O)cc1)C(=O)N[C@@H](Cc1ccccc1)C(=O)N[C@@H](CC(=O)O)C(=O)N[C@@H](Cc1ccc(O)cc1)C(=O)O. The molecule has 0 aliphatic heterocycles. The number of amides is 6. The first-order chi connectivity index (χ1) is 28.4. The molecule has 0 aromatic heterocycles. The fraction of sp³-hybridized carbons (Fsp3) is 0.308. The summed E-state index contributed by atoms with van der Waals surface area (Å²) in [7, 11) is 0. The Balaban J connectivity index is 1.80. The Morgan fingerprint density at radius 2 is 0.883 bits per heavy atom. The van der Waals surface area contributed by atoms with Gasteiger partial charge in [-0.2, -0.15) is 0 Å². The second kappa shape index (κ2) is 23.0. The Bertz CT molecular complexity index is 2010. The second-order valence-electron chi connectivity index (χ2n) is 13.4. The Hall–Kier alpha value is -7.55. The third-order valence-electron chi connectivity index (χ3n) is 8.55. The lowest BCUT2D eigenvalue weighted by atomic mass is 10.0. The summed E-state index contributed by atoms with van der Waals surface area (Å²) in [6.07, 6.45) is -2.37. The van der Waals surface area contributed by atoms with Gasteiger partial charge < -0.3 is 63.2 Å². The molecule has 3 aromatic rings. The van der Waals surface area contributed by atoms with Crippen molar-refractivity contribution in [1.82, 2.24) is 31.9 Å². The van der Waals surface area contributed by atoms with Crippen LogP contribution in [0.4, 0.5) is 0 Å². The normalized spacial score (nSPS) is 13.2. The number of nitrogens with two attached hydrogens (primary N) is 1. The molecule has 0 saturated carbocycles. The van der Waals surface area contributed by atoms with Crippen LogP contribution in [-0.4, -0.2) is 122 Å². The highest BCUT2D eigenvalue weighted by Gasteiger charge is 2.33. The van der Waals surface area contributed by atoms with Crippen LogP contribution in [0.25, 0.3) is 0 Å². The van der Waals surface area contributed by atoms with Gasteiger partial charge in [-0.3, -0.25) is 38.4 Å². The van der Waals surface area contributed by atoms with Gasteiger partial charge in [0.15, 0.2) is 0 Å². The summed E-state index contributed by atoms with van der Waals surface area (Å²) in [4.78, 5) is 113. The Labute approximate surface area is 341 Å². The maximum Gasteiger partial charge on any atom is 0.326 e.